The van der Waals surface area contributed by atoms with E-state index in [0.29, 0.717) is 0 Å². The van der Waals surface area contributed by atoms with Crippen LogP contribution in [0.5, 0.6) is 5.75 Å². The van der Waals surface area contributed by atoms with E-state index in [1.165, 1.54) is 6.07 Å². The maximum atomic E-state index is 13.6. The van der Waals surface area contributed by atoms with E-state index in [1.807, 2.05) is 30.3 Å². The first-order valence-corrected chi connectivity index (χ1v) is 6.83. The van der Waals surface area contributed by atoms with Crippen molar-refractivity contribution in [3.63, 3.8) is 0 Å². The van der Waals surface area contributed by atoms with E-state index in [9.17, 15) is 4.39 Å². The molecule has 2 nitrogen and oxygen atoms in total. The zero-order valence-corrected chi connectivity index (χ0v) is 12.1. The van der Waals surface area contributed by atoms with Gasteiger partial charge in [0.05, 0.1) is 7.11 Å². The SMILES string of the molecule is CCNC(C)c1ccc(F)cc1-c1ccc(OC)cc1. The Morgan fingerprint density at radius 2 is 1.85 bits per heavy atom. The highest BCUT2D eigenvalue weighted by Crippen LogP contribution is 2.30. The Balaban J connectivity index is 2.44. The van der Waals surface area contributed by atoms with Gasteiger partial charge < -0.3 is 10.1 Å². The average molecular weight is 273 g/mol. The highest BCUT2D eigenvalue weighted by molar-refractivity contribution is 5.68. The molecule has 1 atom stereocenters. The average Bonchev–Trinajstić information content (AvgIpc) is 2.47. The van der Waals surface area contributed by atoms with E-state index < -0.39 is 0 Å². The van der Waals surface area contributed by atoms with E-state index in [-0.39, 0.29) is 11.9 Å². The van der Waals surface area contributed by atoms with Gasteiger partial charge in [0.1, 0.15) is 11.6 Å². The molecule has 0 aliphatic rings. The quantitative estimate of drug-likeness (QED) is 0.882. The maximum absolute atomic E-state index is 13.6. The summed E-state index contributed by atoms with van der Waals surface area (Å²) < 4.78 is 18.7. The van der Waals surface area contributed by atoms with Crippen molar-refractivity contribution in [2.45, 2.75) is 19.9 Å². The van der Waals surface area contributed by atoms with Gasteiger partial charge in [0.15, 0.2) is 0 Å². The molecule has 0 heterocycles. The van der Waals surface area contributed by atoms with Gasteiger partial charge in [-0.1, -0.05) is 25.1 Å². The van der Waals surface area contributed by atoms with Crippen LogP contribution in [-0.4, -0.2) is 13.7 Å². The highest BCUT2D eigenvalue weighted by Gasteiger charge is 2.12. The van der Waals surface area contributed by atoms with Crippen molar-refractivity contribution in [2.75, 3.05) is 13.7 Å². The number of hydrogen-bond acceptors (Lipinski definition) is 2. The van der Waals surface area contributed by atoms with Gasteiger partial charge in [0, 0.05) is 6.04 Å². The molecule has 0 fully saturated rings. The molecule has 0 aromatic heterocycles. The first kappa shape index (κ1) is 14.5. The number of ether oxygens (including phenoxy) is 1. The van der Waals surface area contributed by atoms with Gasteiger partial charge in [-0.25, -0.2) is 4.39 Å². The Kier molecular flexibility index (Phi) is 4.74. The summed E-state index contributed by atoms with van der Waals surface area (Å²) in [5.41, 5.74) is 3.00. The fraction of sp³-hybridized carbons (Fsp3) is 0.294. The van der Waals surface area contributed by atoms with Crippen LogP contribution in [0.4, 0.5) is 4.39 Å². The topological polar surface area (TPSA) is 21.3 Å². The minimum atomic E-state index is -0.219. The second-order valence-electron chi connectivity index (χ2n) is 4.74. The molecular formula is C17H20FNO. The molecule has 0 amide bonds. The van der Waals surface area contributed by atoms with Crippen molar-refractivity contribution in [3.8, 4) is 16.9 Å². The lowest BCUT2D eigenvalue weighted by Gasteiger charge is -2.18. The van der Waals surface area contributed by atoms with Gasteiger partial charge in [-0.15, -0.1) is 0 Å². The molecule has 106 valence electrons. The molecule has 0 radical (unpaired) electrons. The highest BCUT2D eigenvalue weighted by atomic mass is 19.1. The Hall–Kier alpha value is -1.87. The molecular weight excluding hydrogens is 253 g/mol. The number of methoxy groups -OCH3 is 1. The Bertz CT molecular complexity index is 566. The van der Waals surface area contributed by atoms with Gasteiger partial charge in [0.2, 0.25) is 0 Å². The molecule has 0 saturated carbocycles. The predicted octanol–water partition coefficient (Wildman–Crippen LogP) is 4.17. The zero-order valence-electron chi connectivity index (χ0n) is 12.1. The van der Waals surface area contributed by atoms with Crippen LogP contribution in [0.1, 0.15) is 25.5 Å². The van der Waals surface area contributed by atoms with Gasteiger partial charge in [0.25, 0.3) is 0 Å². The molecule has 0 saturated heterocycles. The Labute approximate surface area is 119 Å². The van der Waals surface area contributed by atoms with E-state index in [0.717, 1.165) is 29.0 Å². The van der Waals surface area contributed by atoms with Crippen molar-refractivity contribution in [2.24, 2.45) is 0 Å². The summed E-state index contributed by atoms with van der Waals surface area (Å²) in [5, 5.41) is 3.37. The molecule has 2 rings (SSSR count). The van der Waals surface area contributed by atoms with Crippen molar-refractivity contribution in [3.05, 3.63) is 53.8 Å². The van der Waals surface area contributed by atoms with Gasteiger partial charge in [-0.05, 0) is 54.4 Å². The predicted molar refractivity (Wildman–Crippen MR) is 80.5 cm³/mol. The lowest BCUT2D eigenvalue weighted by molar-refractivity contribution is 0.415. The molecule has 0 bridgehead atoms. The zero-order chi connectivity index (χ0) is 14.5. The molecule has 2 aromatic rings. The molecule has 2 aromatic carbocycles. The standard InChI is InChI=1S/C17H20FNO/c1-4-19-12(2)16-10-7-14(18)11-17(16)13-5-8-15(20-3)9-6-13/h5-12,19H,4H2,1-3H3. The minimum Gasteiger partial charge on any atom is -0.497 e. The van der Waals surface area contributed by atoms with Gasteiger partial charge >= 0.3 is 0 Å². The number of nitrogens with one attached hydrogen (secondary N) is 1. The van der Waals surface area contributed by atoms with E-state index in [1.54, 1.807) is 13.2 Å². The number of benzene rings is 2. The largest absolute Gasteiger partial charge is 0.497 e. The van der Waals surface area contributed by atoms with Crippen LogP contribution in [0.25, 0.3) is 11.1 Å². The molecule has 0 aliphatic heterocycles. The Morgan fingerprint density at radius 1 is 1.15 bits per heavy atom. The summed E-state index contributed by atoms with van der Waals surface area (Å²) in [6, 6.07) is 12.8. The van der Waals surface area contributed by atoms with E-state index in [4.69, 9.17) is 4.74 Å². The first-order chi connectivity index (χ1) is 9.65. The fourth-order valence-electron chi connectivity index (χ4n) is 2.34. The summed E-state index contributed by atoms with van der Waals surface area (Å²) in [6.07, 6.45) is 0. The number of hydrogen-bond donors (Lipinski definition) is 1. The molecule has 1 unspecified atom stereocenters. The number of halogens is 1. The van der Waals surface area contributed by atoms with Crippen molar-refractivity contribution < 1.29 is 9.13 Å². The number of rotatable bonds is 5. The minimum absolute atomic E-state index is 0.178. The summed E-state index contributed by atoms with van der Waals surface area (Å²) in [5.74, 6) is 0.578. The van der Waals surface area contributed by atoms with E-state index in [2.05, 4.69) is 19.2 Å². The Morgan fingerprint density at radius 3 is 2.45 bits per heavy atom. The van der Waals surface area contributed by atoms with Gasteiger partial charge in [-0.2, -0.15) is 0 Å². The second-order valence-corrected chi connectivity index (χ2v) is 4.74. The normalized spacial score (nSPS) is 12.2. The third-order valence-electron chi connectivity index (χ3n) is 3.39. The molecule has 1 N–H and O–H groups in total. The van der Waals surface area contributed by atoms with Crippen molar-refractivity contribution in [1.29, 1.82) is 0 Å². The monoisotopic (exact) mass is 273 g/mol. The van der Waals surface area contributed by atoms with Crippen LogP contribution in [0, 0.1) is 5.82 Å². The summed E-state index contributed by atoms with van der Waals surface area (Å²) in [4.78, 5) is 0. The maximum Gasteiger partial charge on any atom is 0.123 e. The second kappa shape index (κ2) is 6.53. The molecule has 20 heavy (non-hydrogen) atoms. The van der Waals surface area contributed by atoms with E-state index >= 15 is 0 Å². The summed E-state index contributed by atoms with van der Waals surface area (Å²) in [6.45, 7) is 5.03. The summed E-state index contributed by atoms with van der Waals surface area (Å²) >= 11 is 0. The van der Waals surface area contributed by atoms with Crippen LogP contribution >= 0.6 is 0 Å². The smallest absolute Gasteiger partial charge is 0.123 e. The van der Waals surface area contributed by atoms with Gasteiger partial charge in [-0.3, -0.25) is 0 Å². The third-order valence-corrected chi connectivity index (χ3v) is 3.39. The molecule has 0 spiro atoms. The first-order valence-electron chi connectivity index (χ1n) is 6.83. The third kappa shape index (κ3) is 3.17. The van der Waals surface area contributed by atoms with Crippen molar-refractivity contribution in [1.82, 2.24) is 5.32 Å². The van der Waals surface area contributed by atoms with Crippen LogP contribution in [0.2, 0.25) is 0 Å². The van der Waals surface area contributed by atoms with Crippen LogP contribution < -0.4 is 10.1 Å². The van der Waals surface area contributed by atoms with Crippen LogP contribution in [0.3, 0.4) is 0 Å². The molecule has 0 aliphatic carbocycles. The van der Waals surface area contributed by atoms with Crippen LogP contribution in [0.15, 0.2) is 42.5 Å². The molecule has 3 heteroatoms. The van der Waals surface area contributed by atoms with Crippen molar-refractivity contribution >= 4 is 0 Å². The lowest BCUT2D eigenvalue weighted by atomic mass is 9.95. The van der Waals surface area contributed by atoms with Crippen LogP contribution in [-0.2, 0) is 0 Å². The fourth-order valence-corrected chi connectivity index (χ4v) is 2.34. The lowest BCUT2D eigenvalue weighted by Crippen LogP contribution is -2.18. The summed E-state index contributed by atoms with van der Waals surface area (Å²) in [7, 11) is 1.63.